The topological polar surface area (TPSA) is 136 Å². The number of nitrogens with zero attached hydrogens (tertiary/aromatic N) is 2. The number of carbonyl (C=O) groups excluding carboxylic acids is 2. The zero-order valence-corrected chi connectivity index (χ0v) is 36.9. The van der Waals surface area contributed by atoms with Gasteiger partial charge in [-0.05, 0) is 95.3 Å². The number of methoxy groups -OCH3 is 1. The van der Waals surface area contributed by atoms with Crippen LogP contribution in [-0.4, -0.2) is 72.0 Å². The molecule has 1 fully saturated rings. The van der Waals surface area contributed by atoms with E-state index in [1.807, 2.05) is 78.9 Å². The standard InChI is InChI=1S/C54H58N2O9/c1-3-29-62-54-50(56(53(60)61-2)34-41-21-14-20-39-18-7-8-23-44(39)41)33-48(55-63-36-37-15-5-4-6-16-37)46-31-40(19-9-11-27-57)45(24-10-12-28-58)51(52(46)54)47-32-43(25-26-49(47)65-54)64-42-22-13-17-38(30-42)35-59/h3-8,13-18,20-23,25-26,30-32,35,40,45,50-52,57-58H,1,9-12,19,24,27-29,33-34,36H2,2H3/t40-,45+,50-,51+,52+,54+/m0/s1. The highest BCUT2D eigenvalue weighted by Crippen LogP contribution is 2.62. The number of aliphatic hydroxyl groups excluding tert-OH is 2. The number of hydrogen-bond acceptors (Lipinski definition) is 10. The summed E-state index contributed by atoms with van der Waals surface area (Å²) in [7, 11) is 1.39. The Morgan fingerprint density at radius 3 is 2.43 bits per heavy atom. The number of rotatable bonds is 20. The van der Waals surface area contributed by atoms with Gasteiger partial charge in [-0.1, -0.05) is 115 Å². The number of aliphatic hydroxyl groups is 2. The van der Waals surface area contributed by atoms with Crippen LogP contribution in [0, 0.1) is 17.8 Å². The van der Waals surface area contributed by atoms with E-state index in [0.717, 1.165) is 65.0 Å². The number of aldehydes is 1. The minimum absolute atomic E-state index is 0.00636. The molecule has 11 heteroatoms. The first-order chi connectivity index (χ1) is 31.9. The number of ether oxygens (including phenoxy) is 4. The maximum atomic E-state index is 14.5. The van der Waals surface area contributed by atoms with Gasteiger partial charge in [-0.3, -0.25) is 9.69 Å². The maximum absolute atomic E-state index is 14.5. The average molecular weight is 879 g/mol. The number of carbonyl (C=O) groups is 2. The summed E-state index contributed by atoms with van der Waals surface area (Å²) in [5.41, 5.74) is 4.89. The minimum atomic E-state index is -1.49. The van der Waals surface area contributed by atoms with E-state index in [0.29, 0.717) is 41.4 Å². The first kappa shape index (κ1) is 45.3. The molecular weight excluding hydrogens is 821 g/mol. The molecular formula is C54H58N2O9. The lowest BCUT2D eigenvalue weighted by atomic mass is 9.55. The second-order valence-corrected chi connectivity index (χ2v) is 17.1. The number of amides is 1. The van der Waals surface area contributed by atoms with Crippen LogP contribution in [0.5, 0.6) is 17.2 Å². The largest absolute Gasteiger partial charge is 0.459 e. The lowest BCUT2D eigenvalue weighted by Crippen LogP contribution is -2.70. The molecule has 0 unspecified atom stereocenters. The van der Waals surface area contributed by atoms with E-state index in [9.17, 15) is 19.8 Å². The first-order valence-corrected chi connectivity index (χ1v) is 22.7. The Morgan fingerprint density at radius 1 is 0.892 bits per heavy atom. The van der Waals surface area contributed by atoms with Crippen molar-refractivity contribution in [3.8, 4) is 17.2 Å². The number of hydrogen-bond donors (Lipinski definition) is 2. The quantitative estimate of drug-likeness (QED) is 0.0339. The van der Waals surface area contributed by atoms with Crippen molar-refractivity contribution in [1.82, 2.24) is 4.90 Å². The number of oxime groups is 1. The number of fused-ring (bicyclic) bond motifs is 3. The molecule has 338 valence electrons. The molecule has 0 radical (unpaired) electrons. The summed E-state index contributed by atoms with van der Waals surface area (Å²) >= 11 is 0. The summed E-state index contributed by atoms with van der Waals surface area (Å²) < 4.78 is 26.7. The van der Waals surface area contributed by atoms with Gasteiger partial charge >= 0.3 is 6.09 Å². The minimum Gasteiger partial charge on any atom is -0.459 e. The van der Waals surface area contributed by atoms with Crippen LogP contribution in [-0.2, 0) is 27.5 Å². The van der Waals surface area contributed by atoms with Gasteiger partial charge in [0, 0.05) is 36.7 Å². The van der Waals surface area contributed by atoms with Crippen molar-refractivity contribution in [2.75, 3.05) is 26.9 Å². The molecule has 6 atom stereocenters. The first-order valence-electron chi connectivity index (χ1n) is 22.7. The Labute approximate surface area is 380 Å². The molecule has 1 amide bonds. The van der Waals surface area contributed by atoms with E-state index in [4.69, 9.17) is 28.9 Å². The van der Waals surface area contributed by atoms with Crippen molar-refractivity contribution in [3.05, 3.63) is 162 Å². The second kappa shape index (κ2) is 21.1. The summed E-state index contributed by atoms with van der Waals surface area (Å²) in [6.07, 6.45) is 8.92. The van der Waals surface area contributed by atoms with E-state index in [1.165, 1.54) is 7.11 Å². The van der Waals surface area contributed by atoms with Crippen molar-refractivity contribution in [1.29, 1.82) is 0 Å². The van der Waals surface area contributed by atoms with E-state index >= 15 is 0 Å². The number of benzene rings is 5. The van der Waals surface area contributed by atoms with Crippen molar-refractivity contribution in [2.24, 2.45) is 22.9 Å². The highest BCUT2D eigenvalue weighted by atomic mass is 16.7. The van der Waals surface area contributed by atoms with Crippen LogP contribution in [0.3, 0.4) is 0 Å². The molecule has 2 aliphatic carbocycles. The molecule has 1 saturated carbocycles. The molecule has 0 bridgehead atoms. The third-order valence-corrected chi connectivity index (χ3v) is 13.1. The summed E-state index contributed by atoms with van der Waals surface area (Å²) in [4.78, 5) is 34.2. The van der Waals surface area contributed by atoms with Crippen molar-refractivity contribution < 1.29 is 43.6 Å². The molecule has 5 aromatic rings. The van der Waals surface area contributed by atoms with Gasteiger partial charge in [0.15, 0.2) is 0 Å². The summed E-state index contributed by atoms with van der Waals surface area (Å²) in [5, 5.41) is 27.0. The van der Waals surface area contributed by atoms with Crippen molar-refractivity contribution in [3.63, 3.8) is 0 Å². The van der Waals surface area contributed by atoms with Crippen LogP contribution in [0.2, 0.25) is 0 Å². The fourth-order valence-corrected chi connectivity index (χ4v) is 10.3. The lowest BCUT2D eigenvalue weighted by molar-refractivity contribution is -0.256. The van der Waals surface area contributed by atoms with Crippen LogP contribution >= 0.6 is 0 Å². The molecule has 2 N–H and O–H groups in total. The van der Waals surface area contributed by atoms with Crippen LogP contribution in [0.25, 0.3) is 10.8 Å². The smallest absolute Gasteiger partial charge is 0.410 e. The average Bonchev–Trinajstić information content (AvgIpc) is 3.34. The fraction of sp³-hybridized carbons (Fsp3) is 0.352. The molecule has 0 spiro atoms. The van der Waals surface area contributed by atoms with Crippen LogP contribution in [0.4, 0.5) is 4.79 Å². The third-order valence-electron chi connectivity index (χ3n) is 13.1. The molecule has 5 aromatic carbocycles. The highest BCUT2D eigenvalue weighted by molar-refractivity contribution is 6.03. The van der Waals surface area contributed by atoms with E-state index in [-0.39, 0.29) is 57.1 Å². The van der Waals surface area contributed by atoms with Crippen LogP contribution in [0.15, 0.2) is 145 Å². The molecule has 65 heavy (non-hydrogen) atoms. The van der Waals surface area contributed by atoms with Crippen molar-refractivity contribution >= 4 is 28.9 Å². The molecule has 3 aliphatic rings. The Balaban J connectivity index is 1.34. The van der Waals surface area contributed by atoms with Gasteiger partial charge in [0.1, 0.15) is 36.2 Å². The zero-order valence-electron chi connectivity index (χ0n) is 36.9. The van der Waals surface area contributed by atoms with Crippen molar-refractivity contribution in [2.45, 2.75) is 75.8 Å². The Morgan fingerprint density at radius 2 is 1.65 bits per heavy atom. The molecule has 1 heterocycles. The van der Waals surface area contributed by atoms with Gasteiger partial charge in [-0.15, -0.1) is 6.58 Å². The second-order valence-electron chi connectivity index (χ2n) is 17.1. The highest BCUT2D eigenvalue weighted by Gasteiger charge is 2.65. The van der Waals surface area contributed by atoms with Crippen LogP contribution < -0.4 is 9.47 Å². The molecule has 8 rings (SSSR count). The molecule has 11 nitrogen and oxygen atoms in total. The number of allylic oxidation sites excluding steroid dienone is 1. The van der Waals surface area contributed by atoms with E-state index < -0.39 is 23.8 Å². The Hall–Kier alpha value is -6.27. The van der Waals surface area contributed by atoms with E-state index in [2.05, 4.69) is 30.9 Å². The van der Waals surface area contributed by atoms with Gasteiger partial charge < -0.3 is 34.0 Å². The van der Waals surface area contributed by atoms with Gasteiger partial charge in [0.05, 0.1) is 31.9 Å². The number of unbranched alkanes of at least 4 members (excludes halogenated alkanes) is 2. The van der Waals surface area contributed by atoms with Gasteiger partial charge in [-0.25, -0.2) is 4.79 Å². The zero-order chi connectivity index (χ0) is 45.2. The normalized spacial score (nSPS) is 22.5. The lowest BCUT2D eigenvalue weighted by Gasteiger charge is -2.59. The van der Waals surface area contributed by atoms with Crippen LogP contribution in [0.1, 0.15) is 77.9 Å². The fourth-order valence-electron chi connectivity index (χ4n) is 10.3. The monoisotopic (exact) mass is 878 g/mol. The SMILES string of the molecule is C=CCO[C@@]12Oc3ccc(Oc4cccc(C=O)c4)cc3[C@H]3[C@H](CCCCO)[C@@H](CCCCO)C=C(C(=NOCc4ccccc4)C[C@@H]1N(Cc1cccc4ccccc14)C(=O)OC)[C@H]32. The molecule has 1 aliphatic heterocycles. The molecule has 0 aromatic heterocycles. The summed E-state index contributed by atoms with van der Waals surface area (Å²) in [6.45, 7) is 4.75. The van der Waals surface area contributed by atoms with Gasteiger partial charge in [-0.2, -0.15) is 0 Å². The van der Waals surface area contributed by atoms with Gasteiger partial charge in [0.2, 0.25) is 5.79 Å². The predicted molar refractivity (Wildman–Crippen MR) is 250 cm³/mol. The Bertz CT molecular complexity index is 2500. The van der Waals surface area contributed by atoms with Gasteiger partial charge in [0.25, 0.3) is 0 Å². The maximum Gasteiger partial charge on any atom is 0.410 e. The Kier molecular flexibility index (Phi) is 14.7. The predicted octanol–water partition coefficient (Wildman–Crippen LogP) is 10.5. The van der Waals surface area contributed by atoms with E-state index in [1.54, 1.807) is 29.2 Å². The molecule has 0 saturated heterocycles. The third kappa shape index (κ3) is 9.73. The summed E-state index contributed by atoms with van der Waals surface area (Å²) in [5.74, 6) is -0.571. The summed E-state index contributed by atoms with van der Waals surface area (Å²) in [6, 6.07) is 36.1.